The van der Waals surface area contributed by atoms with Gasteiger partial charge in [-0.3, -0.25) is 0 Å². The molecule has 0 unspecified atom stereocenters. The molecule has 6 aromatic carbocycles. The first kappa shape index (κ1) is 21.1. The third-order valence-corrected chi connectivity index (χ3v) is 9.19. The second-order valence-electron chi connectivity index (χ2n) is 10.1. The number of nitrogens with zero attached hydrogens (tertiary/aromatic N) is 1. The van der Waals surface area contributed by atoms with Crippen LogP contribution in [0.3, 0.4) is 0 Å². The summed E-state index contributed by atoms with van der Waals surface area (Å²) in [5, 5.41) is 7.52. The van der Waals surface area contributed by atoms with Gasteiger partial charge in [-0.2, -0.15) is 0 Å². The second kappa shape index (κ2) is 7.83. The molecule has 0 amide bonds. The molecule has 3 heteroatoms. The van der Waals surface area contributed by atoms with Gasteiger partial charge in [-0.1, -0.05) is 91.0 Å². The standard InChI is InChI=1S/C36H21NOS/c1-4-15-30-25(11-1)27-19-20-28-26-12-3-6-18-33(26)39-36(28)35(27)37(30)23-10-7-9-22(21-23)24-14-8-17-32-34(24)29-13-2-5-16-31(29)38-32/h1-21H. The fraction of sp³-hybridized carbons (Fsp3) is 0. The third-order valence-electron chi connectivity index (χ3n) is 8.00. The Morgan fingerprint density at radius 2 is 1.28 bits per heavy atom. The Hall–Kier alpha value is -4.86. The molecule has 3 heterocycles. The number of hydrogen-bond acceptors (Lipinski definition) is 2. The second-order valence-corrected chi connectivity index (χ2v) is 11.2. The van der Waals surface area contributed by atoms with Gasteiger partial charge >= 0.3 is 0 Å². The fourth-order valence-corrected chi connectivity index (χ4v) is 7.57. The lowest BCUT2D eigenvalue weighted by atomic mass is 9.99. The summed E-state index contributed by atoms with van der Waals surface area (Å²) in [6, 6.07) is 45.7. The molecule has 9 aromatic rings. The van der Waals surface area contributed by atoms with Crippen molar-refractivity contribution < 1.29 is 4.42 Å². The zero-order valence-electron chi connectivity index (χ0n) is 20.9. The minimum absolute atomic E-state index is 0.919. The van der Waals surface area contributed by atoms with Crippen molar-refractivity contribution in [2.45, 2.75) is 0 Å². The average molecular weight is 516 g/mol. The van der Waals surface area contributed by atoms with E-state index in [9.17, 15) is 0 Å². The summed E-state index contributed by atoms with van der Waals surface area (Å²) >= 11 is 1.89. The maximum atomic E-state index is 6.21. The van der Waals surface area contributed by atoms with Crippen molar-refractivity contribution in [3.63, 3.8) is 0 Å². The van der Waals surface area contributed by atoms with Crippen molar-refractivity contribution in [3.8, 4) is 16.8 Å². The Morgan fingerprint density at radius 3 is 2.23 bits per heavy atom. The van der Waals surface area contributed by atoms with Gasteiger partial charge in [0.2, 0.25) is 0 Å². The lowest BCUT2D eigenvalue weighted by Gasteiger charge is -2.11. The van der Waals surface area contributed by atoms with Crippen LogP contribution in [-0.2, 0) is 0 Å². The molecule has 0 radical (unpaired) electrons. The monoisotopic (exact) mass is 515 g/mol. The number of aromatic nitrogens is 1. The highest BCUT2D eigenvalue weighted by Crippen LogP contribution is 2.43. The van der Waals surface area contributed by atoms with E-state index in [4.69, 9.17) is 4.42 Å². The van der Waals surface area contributed by atoms with Crippen molar-refractivity contribution in [1.82, 2.24) is 4.57 Å². The molecule has 9 rings (SSSR count). The molecular formula is C36H21NOS. The highest BCUT2D eigenvalue weighted by molar-refractivity contribution is 7.26. The molecular weight excluding hydrogens is 494 g/mol. The van der Waals surface area contributed by atoms with Crippen LogP contribution in [0.5, 0.6) is 0 Å². The van der Waals surface area contributed by atoms with Gasteiger partial charge in [0.15, 0.2) is 0 Å². The minimum atomic E-state index is 0.919. The van der Waals surface area contributed by atoms with Gasteiger partial charge in [0.05, 0.1) is 15.7 Å². The number of hydrogen-bond donors (Lipinski definition) is 0. The van der Waals surface area contributed by atoms with Crippen LogP contribution in [0.15, 0.2) is 132 Å². The molecule has 39 heavy (non-hydrogen) atoms. The number of thiophene rings is 1. The highest BCUT2D eigenvalue weighted by atomic mass is 32.1. The molecule has 0 atom stereocenters. The van der Waals surface area contributed by atoms with E-state index < -0.39 is 0 Å². The Morgan fingerprint density at radius 1 is 0.538 bits per heavy atom. The first-order valence-electron chi connectivity index (χ1n) is 13.2. The SMILES string of the molecule is c1cc(-c2cccc3oc4ccccc4c23)cc(-n2c3ccccc3c3ccc4c5ccccc5sc4c32)c1. The first-order chi connectivity index (χ1) is 19.3. The Kier molecular flexibility index (Phi) is 4.24. The summed E-state index contributed by atoms with van der Waals surface area (Å²) in [5.74, 6) is 0. The molecule has 0 saturated heterocycles. The van der Waals surface area contributed by atoms with Gasteiger partial charge < -0.3 is 8.98 Å². The maximum absolute atomic E-state index is 6.21. The normalized spacial score (nSPS) is 12.1. The minimum Gasteiger partial charge on any atom is -0.456 e. The van der Waals surface area contributed by atoms with Gasteiger partial charge in [-0.15, -0.1) is 11.3 Å². The van der Waals surface area contributed by atoms with Gasteiger partial charge in [0.1, 0.15) is 11.2 Å². The van der Waals surface area contributed by atoms with Crippen molar-refractivity contribution >= 4 is 75.3 Å². The number of para-hydroxylation sites is 2. The third kappa shape index (κ3) is 2.91. The molecule has 182 valence electrons. The zero-order valence-corrected chi connectivity index (χ0v) is 21.7. The summed E-state index contributed by atoms with van der Waals surface area (Å²) in [7, 11) is 0. The van der Waals surface area contributed by atoms with Crippen LogP contribution in [0.25, 0.3) is 80.7 Å². The van der Waals surface area contributed by atoms with Crippen molar-refractivity contribution in [2.24, 2.45) is 0 Å². The summed E-state index contributed by atoms with van der Waals surface area (Å²) in [6.45, 7) is 0. The van der Waals surface area contributed by atoms with E-state index in [0.717, 1.165) is 22.2 Å². The van der Waals surface area contributed by atoms with E-state index in [2.05, 4.69) is 120 Å². The van der Waals surface area contributed by atoms with E-state index in [1.54, 1.807) is 0 Å². The zero-order chi connectivity index (χ0) is 25.5. The summed E-state index contributed by atoms with van der Waals surface area (Å²) in [4.78, 5) is 0. The van der Waals surface area contributed by atoms with Crippen molar-refractivity contribution in [3.05, 3.63) is 127 Å². The number of rotatable bonds is 2. The molecule has 3 aromatic heterocycles. The van der Waals surface area contributed by atoms with Crippen molar-refractivity contribution in [1.29, 1.82) is 0 Å². The van der Waals surface area contributed by atoms with E-state index in [-0.39, 0.29) is 0 Å². The number of furan rings is 1. The first-order valence-corrected chi connectivity index (χ1v) is 14.0. The fourth-order valence-electron chi connectivity index (χ4n) is 6.33. The van der Waals surface area contributed by atoms with Crippen LogP contribution in [0.4, 0.5) is 0 Å². The Balaban J connectivity index is 1.38. The van der Waals surface area contributed by atoms with Crippen LogP contribution in [0.1, 0.15) is 0 Å². The van der Waals surface area contributed by atoms with Crippen LogP contribution in [0, 0.1) is 0 Å². The highest BCUT2D eigenvalue weighted by Gasteiger charge is 2.18. The summed E-state index contributed by atoms with van der Waals surface area (Å²) < 4.78 is 11.3. The Labute approximate surface area is 227 Å². The molecule has 0 saturated carbocycles. The molecule has 0 aliphatic rings. The molecule has 0 fully saturated rings. The van der Waals surface area contributed by atoms with Crippen LogP contribution >= 0.6 is 11.3 Å². The molecule has 0 spiro atoms. The van der Waals surface area contributed by atoms with Gasteiger partial charge in [-0.25, -0.2) is 0 Å². The number of fused-ring (bicyclic) bond motifs is 10. The van der Waals surface area contributed by atoms with Crippen LogP contribution < -0.4 is 0 Å². The molecule has 0 N–H and O–H groups in total. The van der Waals surface area contributed by atoms with E-state index in [1.807, 2.05) is 23.5 Å². The predicted molar refractivity (Wildman–Crippen MR) is 166 cm³/mol. The van der Waals surface area contributed by atoms with E-state index in [0.29, 0.717) is 0 Å². The van der Waals surface area contributed by atoms with Crippen LogP contribution in [0.2, 0.25) is 0 Å². The van der Waals surface area contributed by atoms with Gasteiger partial charge in [0, 0.05) is 42.7 Å². The van der Waals surface area contributed by atoms with Crippen LogP contribution in [-0.4, -0.2) is 4.57 Å². The summed E-state index contributed by atoms with van der Waals surface area (Å²) in [6.07, 6.45) is 0. The maximum Gasteiger partial charge on any atom is 0.136 e. The van der Waals surface area contributed by atoms with Crippen molar-refractivity contribution in [2.75, 3.05) is 0 Å². The number of benzene rings is 6. The van der Waals surface area contributed by atoms with E-state index in [1.165, 1.54) is 58.5 Å². The largest absolute Gasteiger partial charge is 0.456 e. The molecule has 0 bridgehead atoms. The lowest BCUT2D eigenvalue weighted by Crippen LogP contribution is -1.94. The summed E-state index contributed by atoms with van der Waals surface area (Å²) in [5.41, 5.74) is 7.87. The topological polar surface area (TPSA) is 18.1 Å². The average Bonchev–Trinajstić information content (AvgIpc) is 3.66. The predicted octanol–water partition coefficient (Wildman–Crippen LogP) is 10.7. The Bertz CT molecular complexity index is 2400. The van der Waals surface area contributed by atoms with E-state index >= 15 is 0 Å². The smallest absolute Gasteiger partial charge is 0.136 e. The molecule has 0 aliphatic heterocycles. The quantitative estimate of drug-likeness (QED) is 0.224. The molecule has 0 aliphatic carbocycles. The van der Waals surface area contributed by atoms with Gasteiger partial charge in [0.25, 0.3) is 0 Å². The molecule has 2 nitrogen and oxygen atoms in total. The van der Waals surface area contributed by atoms with Gasteiger partial charge in [-0.05, 0) is 47.5 Å². The lowest BCUT2D eigenvalue weighted by molar-refractivity contribution is 0.669.